The van der Waals surface area contributed by atoms with Gasteiger partial charge in [-0.25, -0.2) is 14.6 Å². The Morgan fingerprint density at radius 1 is 0.652 bits per heavy atom. The lowest BCUT2D eigenvalue weighted by Gasteiger charge is -2.34. The smallest absolute Gasteiger partial charge is 0.407 e. The van der Waals surface area contributed by atoms with Gasteiger partial charge >= 0.3 is 12.2 Å². The molecule has 66 heavy (non-hydrogen) atoms. The van der Waals surface area contributed by atoms with E-state index in [1.807, 2.05) is 49.2 Å². The number of anilines is 4. The van der Waals surface area contributed by atoms with E-state index in [1.165, 1.54) is 14.2 Å². The van der Waals surface area contributed by atoms with E-state index in [4.69, 9.17) is 19.2 Å². The fraction of sp³-hybridized carbons (Fsp3) is 0.440. The number of aromatic nitrogens is 1. The van der Waals surface area contributed by atoms with Crippen molar-refractivity contribution in [1.29, 1.82) is 0 Å². The standard InChI is InChI=1S/C50H62N8O8/c1-31(2)44(53-49(62)64-5)47(60)52-37-16-9-34(10-17-37)40-22-23-41(58(40)39-20-11-33(12-21-39)36-15-24-43(51-30-36)56-26-28-66-29-27-56)35-13-18-38(19-14-35)57-25-7-8-42(57)46(59)55-48(61)45(32(3)4)54-50(63)65-6/h9-21,24,30-32,40-42,44-45H,7-8,22-23,25-29H2,1-6H3,(H,52,60)(H,53,62)(H,54,63)(H,55,59,61)/t40-,41+,42+,44+,45+/m1/s1. The van der Waals surface area contributed by atoms with Gasteiger partial charge in [0.2, 0.25) is 17.7 Å². The number of hydrogen-bond acceptors (Lipinski definition) is 12. The Bertz CT molecular complexity index is 2300. The summed E-state index contributed by atoms with van der Waals surface area (Å²) in [6.45, 7) is 11.0. The summed E-state index contributed by atoms with van der Waals surface area (Å²) in [5.41, 5.74) is 6.86. The molecule has 4 aromatic rings. The van der Waals surface area contributed by atoms with E-state index in [1.54, 1.807) is 13.8 Å². The van der Waals surface area contributed by atoms with Crippen molar-refractivity contribution in [2.45, 2.75) is 83.6 Å². The Kier molecular flexibility index (Phi) is 15.4. The van der Waals surface area contributed by atoms with Crippen LogP contribution in [0.4, 0.5) is 32.5 Å². The number of rotatable bonds is 14. The number of imide groups is 1. The third-order valence-corrected chi connectivity index (χ3v) is 12.8. The highest BCUT2D eigenvalue weighted by molar-refractivity contribution is 6.02. The minimum Gasteiger partial charge on any atom is -0.453 e. The van der Waals surface area contributed by atoms with Gasteiger partial charge in [-0.3, -0.25) is 19.7 Å². The summed E-state index contributed by atoms with van der Waals surface area (Å²) >= 11 is 0. The fourth-order valence-electron chi connectivity index (χ4n) is 9.16. The van der Waals surface area contributed by atoms with E-state index in [-0.39, 0.29) is 29.8 Å². The van der Waals surface area contributed by atoms with Crippen LogP contribution in [0.2, 0.25) is 0 Å². The van der Waals surface area contributed by atoms with Crippen LogP contribution in [0.1, 0.15) is 76.6 Å². The van der Waals surface area contributed by atoms with Gasteiger partial charge in [0.25, 0.3) is 0 Å². The van der Waals surface area contributed by atoms with Gasteiger partial charge in [0.1, 0.15) is 23.9 Å². The third-order valence-electron chi connectivity index (χ3n) is 12.8. The van der Waals surface area contributed by atoms with Crippen LogP contribution in [-0.4, -0.2) is 100 Å². The number of alkyl carbamates (subject to hydrolysis) is 2. The molecule has 5 amide bonds. The Morgan fingerprint density at radius 2 is 1.20 bits per heavy atom. The summed E-state index contributed by atoms with van der Waals surface area (Å²) in [5.74, 6) is -0.788. The van der Waals surface area contributed by atoms with Gasteiger partial charge in [0.15, 0.2) is 0 Å². The van der Waals surface area contributed by atoms with E-state index in [2.05, 4.69) is 91.7 Å². The van der Waals surface area contributed by atoms with Gasteiger partial charge in [-0.2, -0.15) is 0 Å². The summed E-state index contributed by atoms with van der Waals surface area (Å²) in [5, 5.41) is 10.7. The highest BCUT2D eigenvalue weighted by Crippen LogP contribution is 2.47. The third kappa shape index (κ3) is 11.0. The lowest BCUT2D eigenvalue weighted by molar-refractivity contribution is -0.132. The first-order chi connectivity index (χ1) is 31.8. The Labute approximate surface area is 386 Å². The van der Waals surface area contributed by atoms with E-state index in [0.717, 1.165) is 71.8 Å². The minimum atomic E-state index is -0.924. The molecule has 3 aliphatic rings. The molecule has 5 atom stereocenters. The molecule has 4 N–H and O–H groups in total. The molecule has 3 aromatic carbocycles. The molecule has 4 heterocycles. The number of morpholine rings is 1. The number of pyridine rings is 1. The maximum absolute atomic E-state index is 13.6. The first-order valence-corrected chi connectivity index (χ1v) is 22.8. The maximum Gasteiger partial charge on any atom is 0.407 e. The zero-order valence-corrected chi connectivity index (χ0v) is 38.6. The van der Waals surface area contributed by atoms with E-state index in [0.29, 0.717) is 31.9 Å². The zero-order chi connectivity index (χ0) is 46.9. The number of methoxy groups -OCH3 is 2. The van der Waals surface area contributed by atoms with E-state index < -0.39 is 42.1 Å². The summed E-state index contributed by atoms with van der Waals surface area (Å²) in [6.07, 6.45) is 3.64. The molecular weight excluding hydrogens is 841 g/mol. The highest BCUT2D eigenvalue weighted by Gasteiger charge is 2.37. The van der Waals surface area contributed by atoms with Crippen LogP contribution in [0.25, 0.3) is 11.1 Å². The molecule has 0 unspecified atom stereocenters. The van der Waals surface area contributed by atoms with Crippen LogP contribution < -0.4 is 36.0 Å². The molecule has 3 fully saturated rings. The number of nitrogens with zero attached hydrogens (tertiary/aromatic N) is 4. The Balaban J connectivity index is 1.11. The molecule has 16 nitrogen and oxygen atoms in total. The highest BCUT2D eigenvalue weighted by atomic mass is 16.5. The molecule has 0 bridgehead atoms. The first-order valence-electron chi connectivity index (χ1n) is 22.8. The quantitative estimate of drug-likeness (QED) is 0.102. The molecule has 0 saturated carbocycles. The molecule has 7 rings (SSSR count). The van der Waals surface area contributed by atoms with Crippen molar-refractivity contribution >= 4 is 52.8 Å². The molecule has 16 heteroatoms. The minimum absolute atomic E-state index is 0.0108. The average molecular weight is 903 g/mol. The van der Waals surface area contributed by atoms with Crippen LogP contribution >= 0.6 is 0 Å². The van der Waals surface area contributed by atoms with E-state index in [9.17, 15) is 24.0 Å². The molecule has 0 spiro atoms. The Hall–Kier alpha value is -6.68. The summed E-state index contributed by atoms with van der Waals surface area (Å²) in [4.78, 5) is 75.4. The number of amides is 5. The largest absolute Gasteiger partial charge is 0.453 e. The second-order valence-corrected chi connectivity index (χ2v) is 17.7. The van der Waals surface area contributed by atoms with Gasteiger partial charge in [-0.1, -0.05) is 64.1 Å². The van der Waals surface area contributed by atoms with Gasteiger partial charge in [-0.15, -0.1) is 0 Å². The van der Waals surface area contributed by atoms with Crippen molar-refractivity contribution in [2.75, 3.05) is 67.1 Å². The molecule has 3 saturated heterocycles. The van der Waals surface area contributed by atoms with Crippen molar-refractivity contribution < 1.29 is 38.2 Å². The maximum atomic E-state index is 13.6. The van der Waals surface area contributed by atoms with E-state index >= 15 is 0 Å². The normalized spacial score (nSPS) is 19.3. The fourth-order valence-corrected chi connectivity index (χ4v) is 9.16. The number of carbonyl (C=O) groups is 5. The predicted octanol–water partition coefficient (Wildman–Crippen LogP) is 6.98. The summed E-state index contributed by atoms with van der Waals surface area (Å²) < 4.78 is 14.9. The predicted molar refractivity (Wildman–Crippen MR) is 253 cm³/mol. The van der Waals surface area contributed by atoms with Crippen LogP contribution in [-0.2, 0) is 28.6 Å². The van der Waals surface area contributed by atoms with Crippen molar-refractivity contribution in [3.8, 4) is 11.1 Å². The van der Waals surface area contributed by atoms with Crippen LogP contribution in [0.15, 0.2) is 91.1 Å². The molecule has 0 radical (unpaired) electrons. The van der Waals surface area contributed by atoms with Crippen molar-refractivity contribution in [3.63, 3.8) is 0 Å². The number of benzene rings is 3. The molecule has 0 aliphatic carbocycles. The number of ether oxygens (including phenoxy) is 3. The Morgan fingerprint density at radius 3 is 1.74 bits per heavy atom. The number of nitrogens with one attached hydrogen (secondary N) is 4. The van der Waals surface area contributed by atoms with Gasteiger partial charge in [0, 0.05) is 48.5 Å². The topological polar surface area (TPSA) is 184 Å². The lowest BCUT2D eigenvalue weighted by Crippen LogP contribution is -2.54. The summed E-state index contributed by atoms with van der Waals surface area (Å²) in [7, 11) is 2.49. The molecule has 350 valence electrons. The van der Waals surface area contributed by atoms with Gasteiger partial charge < -0.3 is 44.9 Å². The SMILES string of the molecule is COC(=O)N[C@H](C(=O)NC(=O)[C@@H]1CCCN1c1ccc([C@@H]2CC[C@H](c3ccc(NC(=O)[C@@H](NC(=O)OC)C(C)C)cc3)N2c2ccc(-c3ccc(N4CCOCC4)nc3)cc2)cc1)C(C)C. The number of hydrogen-bond donors (Lipinski definition) is 4. The van der Waals surface area contributed by atoms with Gasteiger partial charge in [-0.05, 0) is 103 Å². The van der Waals surface area contributed by atoms with Crippen molar-refractivity contribution in [3.05, 3.63) is 102 Å². The first kappa shape index (κ1) is 47.3. The monoisotopic (exact) mass is 902 g/mol. The molecule has 3 aliphatic heterocycles. The average Bonchev–Trinajstić information content (AvgIpc) is 4.02. The second kappa shape index (κ2) is 21.5. The van der Waals surface area contributed by atoms with Crippen molar-refractivity contribution in [2.24, 2.45) is 11.8 Å². The lowest BCUT2D eigenvalue weighted by atomic mass is 10.0. The molecular formula is C50H62N8O8. The number of carbonyl (C=O) groups excluding carboxylic acids is 5. The van der Waals surface area contributed by atoms with Crippen LogP contribution in [0.5, 0.6) is 0 Å². The zero-order valence-electron chi connectivity index (χ0n) is 38.6. The second-order valence-electron chi connectivity index (χ2n) is 17.7. The molecule has 1 aromatic heterocycles. The van der Waals surface area contributed by atoms with Crippen LogP contribution in [0.3, 0.4) is 0 Å². The van der Waals surface area contributed by atoms with Crippen LogP contribution in [0, 0.1) is 11.8 Å². The van der Waals surface area contributed by atoms with Gasteiger partial charge in [0.05, 0.1) is 39.5 Å². The van der Waals surface area contributed by atoms with Crippen molar-refractivity contribution in [1.82, 2.24) is 20.9 Å². The summed E-state index contributed by atoms with van der Waals surface area (Å²) in [6, 6.07) is 26.8.